The van der Waals surface area contributed by atoms with Crippen LogP contribution in [-0.2, 0) is 0 Å². The lowest BCUT2D eigenvalue weighted by Gasteiger charge is -2.18. The molecule has 1 fully saturated rings. The summed E-state index contributed by atoms with van der Waals surface area (Å²) >= 11 is 0. The second-order valence-electron chi connectivity index (χ2n) is 5.29. The van der Waals surface area contributed by atoms with Crippen molar-refractivity contribution >= 4 is 0 Å². The number of aliphatic hydroxyl groups is 1. The van der Waals surface area contributed by atoms with Crippen LogP contribution in [0.4, 0.5) is 0 Å². The molecule has 0 bridgehead atoms. The van der Waals surface area contributed by atoms with E-state index in [9.17, 15) is 5.11 Å². The van der Waals surface area contributed by atoms with Crippen molar-refractivity contribution in [3.05, 3.63) is 29.8 Å². The van der Waals surface area contributed by atoms with Crippen LogP contribution in [0.3, 0.4) is 0 Å². The zero-order chi connectivity index (χ0) is 11.8. The Kier molecular flexibility index (Phi) is 2.94. The standard InChI is InChI=1S/C14H20O2/c1-10(2)16-12-6-4-11(5-7-12)13(15)14(3)8-9-14/h4-7,10,13,15H,8-9H2,1-3H3. The monoisotopic (exact) mass is 220 g/mol. The van der Waals surface area contributed by atoms with Crippen molar-refractivity contribution in [2.45, 2.75) is 45.8 Å². The van der Waals surface area contributed by atoms with E-state index < -0.39 is 0 Å². The highest BCUT2D eigenvalue weighted by Crippen LogP contribution is 2.54. The normalized spacial score (nSPS) is 19.6. The van der Waals surface area contributed by atoms with Crippen molar-refractivity contribution in [2.75, 3.05) is 0 Å². The Labute approximate surface area is 97.3 Å². The van der Waals surface area contributed by atoms with E-state index in [4.69, 9.17) is 4.74 Å². The number of rotatable bonds is 4. The van der Waals surface area contributed by atoms with Crippen LogP contribution in [0.25, 0.3) is 0 Å². The highest BCUT2D eigenvalue weighted by molar-refractivity contribution is 5.30. The minimum absolute atomic E-state index is 0.112. The molecule has 1 atom stereocenters. The molecule has 2 rings (SSSR count). The Morgan fingerprint density at radius 1 is 1.19 bits per heavy atom. The maximum Gasteiger partial charge on any atom is 0.119 e. The van der Waals surface area contributed by atoms with Crippen LogP contribution in [0.15, 0.2) is 24.3 Å². The predicted octanol–water partition coefficient (Wildman–Crippen LogP) is 3.31. The first-order valence-corrected chi connectivity index (χ1v) is 5.96. The number of aliphatic hydroxyl groups excluding tert-OH is 1. The molecule has 0 heterocycles. The van der Waals surface area contributed by atoms with Crippen LogP contribution in [0.1, 0.15) is 45.3 Å². The zero-order valence-electron chi connectivity index (χ0n) is 10.2. The Hall–Kier alpha value is -1.02. The van der Waals surface area contributed by atoms with E-state index in [1.165, 1.54) is 0 Å². The third-order valence-corrected chi connectivity index (χ3v) is 3.27. The van der Waals surface area contributed by atoms with Crippen molar-refractivity contribution in [2.24, 2.45) is 5.41 Å². The molecule has 0 aliphatic heterocycles. The van der Waals surface area contributed by atoms with Gasteiger partial charge < -0.3 is 9.84 Å². The molecule has 0 spiro atoms. The van der Waals surface area contributed by atoms with E-state index in [-0.39, 0.29) is 17.6 Å². The minimum atomic E-state index is -0.333. The molecule has 1 aliphatic rings. The van der Waals surface area contributed by atoms with Crippen LogP contribution in [0, 0.1) is 5.41 Å². The van der Waals surface area contributed by atoms with Gasteiger partial charge in [0, 0.05) is 0 Å². The molecular weight excluding hydrogens is 200 g/mol. The van der Waals surface area contributed by atoms with Gasteiger partial charge in [-0.25, -0.2) is 0 Å². The molecule has 0 aromatic heterocycles. The van der Waals surface area contributed by atoms with Gasteiger partial charge in [-0.1, -0.05) is 19.1 Å². The summed E-state index contributed by atoms with van der Waals surface area (Å²) in [6, 6.07) is 7.80. The van der Waals surface area contributed by atoms with Crippen LogP contribution in [-0.4, -0.2) is 11.2 Å². The Bertz CT molecular complexity index is 350. The van der Waals surface area contributed by atoms with Gasteiger partial charge in [-0.3, -0.25) is 0 Å². The number of ether oxygens (including phenoxy) is 1. The molecule has 1 saturated carbocycles. The fourth-order valence-corrected chi connectivity index (χ4v) is 1.87. The first kappa shape index (κ1) is 11.5. The molecule has 1 aromatic rings. The summed E-state index contributed by atoms with van der Waals surface area (Å²) in [6.45, 7) is 6.15. The summed E-state index contributed by atoms with van der Waals surface area (Å²) in [5.74, 6) is 0.868. The van der Waals surface area contributed by atoms with Crippen molar-refractivity contribution in [3.8, 4) is 5.75 Å². The number of benzene rings is 1. The lowest BCUT2D eigenvalue weighted by atomic mass is 9.95. The minimum Gasteiger partial charge on any atom is -0.491 e. The summed E-state index contributed by atoms with van der Waals surface area (Å²) in [5, 5.41) is 10.2. The molecular formula is C14H20O2. The first-order chi connectivity index (χ1) is 7.51. The van der Waals surface area contributed by atoms with Crippen molar-refractivity contribution in [1.82, 2.24) is 0 Å². The summed E-state index contributed by atoms with van der Waals surface area (Å²) in [7, 11) is 0. The molecule has 16 heavy (non-hydrogen) atoms. The van der Waals surface area contributed by atoms with Gasteiger partial charge in [0.15, 0.2) is 0 Å². The molecule has 1 aliphatic carbocycles. The number of hydrogen-bond donors (Lipinski definition) is 1. The Morgan fingerprint density at radius 2 is 1.75 bits per heavy atom. The molecule has 0 amide bonds. The molecule has 2 nitrogen and oxygen atoms in total. The summed E-state index contributed by atoms with van der Waals surface area (Å²) in [6.07, 6.45) is 2.11. The fraction of sp³-hybridized carbons (Fsp3) is 0.571. The smallest absolute Gasteiger partial charge is 0.119 e. The van der Waals surface area contributed by atoms with Gasteiger partial charge in [0.25, 0.3) is 0 Å². The van der Waals surface area contributed by atoms with E-state index in [2.05, 4.69) is 6.92 Å². The van der Waals surface area contributed by atoms with Gasteiger partial charge in [-0.2, -0.15) is 0 Å². The molecule has 1 aromatic carbocycles. The molecule has 1 unspecified atom stereocenters. The maximum atomic E-state index is 10.2. The van der Waals surface area contributed by atoms with E-state index in [1.54, 1.807) is 0 Å². The Morgan fingerprint density at radius 3 is 2.19 bits per heavy atom. The van der Waals surface area contributed by atoms with Gasteiger partial charge in [-0.15, -0.1) is 0 Å². The fourth-order valence-electron chi connectivity index (χ4n) is 1.87. The molecule has 0 saturated heterocycles. The summed E-state index contributed by atoms with van der Waals surface area (Å²) in [4.78, 5) is 0. The molecule has 0 radical (unpaired) electrons. The molecule has 1 N–H and O–H groups in total. The van der Waals surface area contributed by atoms with Gasteiger partial charge >= 0.3 is 0 Å². The third kappa shape index (κ3) is 2.38. The zero-order valence-corrected chi connectivity index (χ0v) is 10.2. The quantitative estimate of drug-likeness (QED) is 0.843. The second-order valence-corrected chi connectivity index (χ2v) is 5.29. The lowest BCUT2D eigenvalue weighted by molar-refractivity contribution is 0.103. The first-order valence-electron chi connectivity index (χ1n) is 5.96. The predicted molar refractivity (Wildman–Crippen MR) is 64.5 cm³/mol. The van der Waals surface area contributed by atoms with Gasteiger partial charge in [0.05, 0.1) is 12.2 Å². The SMILES string of the molecule is CC(C)Oc1ccc(C(O)C2(C)CC2)cc1. The Balaban J connectivity index is 2.07. The largest absolute Gasteiger partial charge is 0.491 e. The average molecular weight is 220 g/mol. The van der Waals surface area contributed by atoms with Crippen molar-refractivity contribution < 1.29 is 9.84 Å². The van der Waals surface area contributed by atoms with Crippen LogP contribution in [0.5, 0.6) is 5.75 Å². The number of hydrogen-bond acceptors (Lipinski definition) is 2. The molecule has 88 valence electrons. The van der Waals surface area contributed by atoms with Crippen LogP contribution in [0.2, 0.25) is 0 Å². The van der Waals surface area contributed by atoms with Crippen LogP contribution >= 0.6 is 0 Å². The van der Waals surface area contributed by atoms with Gasteiger partial charge in [0.1, 0.15) is 5.75 Å². The van der Waals surface area contributed by atoms with E-state index >= 15 is 0 Å². The second kappa shape index (κ2) is 4.10. The van der Waals surface area contributed by atoms with E-state index in [0.29, 0.717) is 0 Å². The summed E-state index contributed by atoms with van der Waals surface area (Å²) < 4.78 is 5.57. The lowest BCUT2D eigenvalue weighted by Crippen LogP contribution is -2.10. The summed E-state index contributed by atoms with van der Waals surface area (Å²) in [5.41, 5.74) is 1.11. The molecule has 2 heteroatoms. The highest BCUT2D eigenvalue weighted by Gasteiger charge is 2.44. The van der Waals surface area contributed by atoms with Crippen molar-refractivity contribution in [3.63, 3.8) is 0 Å². The average Bonchev–Trinajstić information content (AvgIpc) is 2.97. The van der Waals surface area contributed by atoms with Gasteiger partial charge in [0.2, 0.25) is 0 Å². The topological polar surface area (TPSA) is 29.5 Å². The highest BCUT2D eigenvalue weighted by atomic mass is 16.5. The van der Waals surface area contributed by atoms with E-state index in [1.807, 2.05) is 38.1 Å². The van der Waals surface area contributed by atoms with Crippen molar-refractivity contribution in [1.29, 1.82) is 0 Å². The van der Waals surface area contributed by atoms with E-state index in [0.717, 1.165) is 24.2 Å². The third-order valence-electron chi connectivity index (χ3n) is 3.27. The maximum absolute atomic E-state index is 10.2. The van der Waals surface area contributed by atoms with Gasteiger partial charge in [-0.05, 0) is 49.8 Å². The van der Waals surface area contributed by atoms with Crippen LogP contribution < -0.4 is 4.74 Å².